The lowest BCUT2D eigenvalue weighted by Gasteiger charge is -2.44. The van der Waals surface area contributed by atoms with Crippen molar-refractivity contribution in [2.45, 2.75) is 57.5 Å². The lowest BCUT2D eigenvalue weighted by molar-refractivity contribution is -0.127. The number of hydrogen-bond donors (Lipinski definition) is 3. The molecule has 146 valence electrons. The molecule has 1 aliphatic heterocycles. The molecule has 1 aromatic rings. The van der Waals surface area contributed by atoms with Gasteiger partial charge in [-0.1, -0.05) is 31.5 Å². The molecule has 0 aromatic heterocycles. The van der Waals surface area contributed by atoms with Crippen LogP contribution in [0.15, 0.2) is 30.3 Å². The molecule has 6 heteroatoms. The van der Waals surface area contributed by atoms with E-state index in [1.165, 1.54) is 0 Å². The van der Waals surface area contributed by atoms with Crippen molar-refractivity contribution in [3.05, 3.63) is 35.9 Å². The number of fused-ring (bicyclic) bond motifs is 1. The van der Waals surface area contributed by atoms with Crippen molar-refractivity contribution in [3.63, 3.8) is 0 Å². The zero-order chi connectivity index (χ0) is 19.2. The molecule has 4 unspecified atom stereocenters. The molecule has 2 fully saturated rings. The van der Waals surface area contributed by atoms with Gasteiger partial charge in [0, 0.05) is 24.1 Å². The van der Waals surface area contributed by atoms with Gasteiger partial charge in [0.1, 0.15) is 0 Å². The van der Waals surface area contributed by atoms with Crippen molar-refractivity contribution in [1.82, 2.24) is 16.0 Å². The van der Waals surface area contributed by atoms with E-state index in [0.717, 1.165) is 32.1 Å². The monoisotopic (exact) mass is 371 g/mol. The quantitative estimate of drug-likeness (QED) is 0.715. The molecule has 3 amide bonds. The normalized spacial score (nSPS) is 27.2. The highest BCUT2D eigenvalue weighted by molar-refractivity contribution is 5.96. The summed E-state index contributed by atoms with van der Waals surface area (Å²) in [5.74, 6) is 0.687. The number of carbonyl (C=O) groups excluding carboxylic acids is 3. The number of hydrogen-bond acceptors (Lipinski definition) is 3. The summed E-state index contributed by atoms with van der Waals surface area (Å²) in [6.45, 7) is 2.13. The van der Waals surface area contributed by atoms with Gasteiger partial charge < -0.3 is 16.0 Å². The van der Waals surface area contributed by atoms with Crippen LogP contribution in [0.5, 0.6) is 0 Å². The van der Waals surface area contributed by atoms with E-state index < -0.39 is 0 Å². The molecular formula is C21H29N3O3. The lowest BCUT2D eigenvalue weighted by atomic mass is 9.70. The highest BCUT2D eigenvalue weighted by atomic mass is 16.2. The van der Waals surface area contributed by atoms with E-state index in [9.17, 15) is 14.4 Å². The van der Waals surface area contributed by atoms with Crippen LogP contribution >= 0.6 is 0 Å². The molecule has 0 radical (unpaired) electrons. The lowest BCUT2D eigenvalue weighted by Crippen LogP contribution is -2.55. The molecule has 1 aromatic carbocycles. The van der Waals surface area contributed by atoms with Gasteiger partial charge in [0.2, 0.25) is 11.8 Å². The first-order valence-electron chi connectivity index (χ1n) is 9.98. The van der Waals surface area contributed by atoms with Crippen LogP contribution in [0.1, 0.15) is 55.8 Å². The van der Waals surface area contributed by atoms with Crippen LogP contribution in [0.4, 0.5) is 0 Å². The van der Waals surface area contributed by atoms with Crippen LogP contribution in [0.3, 0.4) is 0 Å². The summed E-state index contributed by atoms with van der Waals surface area (Å²) in [6, 6.07) is 9.05. The van der Waals surface area contributed by atoms with Gasteiger partial charge in [0.15, 0.2) is 0 Å². The van der Waals surface area contributed by atoms with Crippen molar-refractivity contribution in [3.8, 4) is 0 Å². The van der Waals surface area contributed by atoms with Crippen LogP contribution in [-0.4, -0.2) is 36.3 Å². The van der Waals surface area contributed by atoms with Gasteiger partial charge in [0.05, 0.1) is 6.54 Å². The SMILES string of the molecule is CCCC1CC(=O)NC2CC(NC(=O)CNC(=O)c3ccccc3)CCC12. The second-order valence-corrected chi connectivity index (χ2v) is 7.72. The van der Waals surface area contributed by atoms with Crippen molar-refractivity contribution in [2.75, 3.05) is 6.54 Å². The molecule has 3 N–H and O–H groups in total. The summed E-state index contributed by atoms with van der Waals surface area (Å²) in [6.07, 6.45) is 5.55. The highest BCUT2D eigenvalue weighted by Gasteiger charge is 2.40. The van der Waals surface area contributed by atoms with E-state index in [1.54, 1.807) is 24.3 Å². The largest absolute Gasteiger partial charge is 0.353 e. The minimum Gasteiger partial charge on any atom is -0.353 e. The Labute approximate surface area is 160 Å². The van der Waals surface area contributed by atoms with Gasteiger partial charge in [-0.15, -0.1) is 0 Å². The highest BCUT2D eigenvalue weighted by Crippen LogP contribution is 2.37. The van der Waals surface area contributed by atoms with Gasteiger partial charge in [-0.3, -0.25) is 14.4 Å². The Morgan fingerprint density at radius 1 is 1.19 bits per heavy atom. The third kappa shape index (κ3) is 5.08. The van der Waals surface area contributed by atoms with Gasteiger partial charge in [-0.25, -0.2) is 0 Å². The molecule has 0 bridgehead atoms. The van der Waals surface area contributed by atoms with E-state index in [4.69, 9.17) is 0 Å². The Balaban J connectivity index is 1.47. The maximum absolute atomic E-state index is 12.2. The Hall–Kier alpha value is -2.37. The van der Waals surface area contributed by atoms with E-state index in [0.29, 0.717) is 23.8 Å². The second-order valence-electron chi connectivity index (χ2n) is 7.72. The standard InChI is InChI=1S/C21H29N3O3/c1-2-6-15-11-19(25)24-18-12-16(9-10-17(15)18)23-20(26)13-22-21(27)14-7-4-3-5-8-14/h3-5,7-8,15-18H,2,6,9-13H2,1H3,(H,22,27)(H,23,26)(H,24,25). The number of piperidine rings is 1. The fourth-order valence-electron chi connectivity index (χ4n) is 4.53. The molecule has 3 rings (SSSR count). The molecule has 27 heavy (non-hydrogen) atoms. The number of carbonyl (C=O) groups is 3. The van der Waals surface area contributed by atoms with Crippen molar-refractivity contribution >= 4 is 17.7 Å². The first kappa shape index (κ1) is 19.4. The Morgan fingerprint density at radius 2 is 1.96 bits per heavy atom. The molecule has 0 spiro atoms. The smallest absolute Gasteiger partial charge is 0.251 e. The van der Waals surface area contributed by atoms with Crippen LogP contribution in [-0.2, 0) is 9.59 Å². The molecule has 1 saturated carbocycles. The van der Waals surface area contributed by atoms with Gasteiger partial charge >= 0.3 is 0 Å². The first-order valence-corrected chi connectivity index (χ1v) is 9.98. The number of benzene rings is 1. The molecule has 1 aliphatic carbocycles. The van der Waals surface area contributed by atoms with Gasteiger partial charge in [-0.05, 0) is 49.7 Å². The number of rotatable bonds is 6. The summed E-state index contributed by atoms with van der Waals surface area (Å²) in [5, 5.41) is 8.79. The second kappa shape index (κ2) is 9.02. The molecule has 2 aliphatic rings. The van der Waals surface area contributed by atoms with E-state index >= 15 is 0 Å². The summed E-state index contributed by atoms with van der Waals surface area (Å²) in [4.78, 5) is 36.2. The Bertz CT molecular complexity index is 677. The fourth-order valence-corrected chi connectivity index (χ4v) is 4.53. The van der Waals surface area contributed by atoms with Crippen LogP contribution in [0, 0.1) is 11.8 Å². The van der Waals surface area contributed by atoms with E-state index in [2.05, 4.69) is 22.9 Å². The minimum absolute atomic E-state index is 0.0385. The predicted octanol–water partition coefficient (Wildman–Crippen LogP) is 2.01. The summed E-state index contributed by atoms with van der Waals surface area (Å²) >= 11 is 0. The van der Waals surface area contributed by atoms with Crippen LogP contribution in [0.2, 0.25) is 0 Å². The van der Waals surface area contributed by atoms with Crippen molar-refractivity contribution in [1.29, 1.82) is 0 Å². The maximum Gasteiger partial charge on any atom is 0.251 e. The fraction of sp³-hybridized carbons (Fsp3) is 0.571. The maximum atomic E-state index is 12.2. The number of amides is 3. The topological polar surface area (TPSA) is 87.3 Å². The Kier molecular flexibility index (Phi) is 6.48. The summed E-state index contributed by atoms with van der Waals surface area (Å²) in [7, 11) is 0. The molecule has 6 nitrogen and oxygen atoms in total. The predicted molar refractivity (Wildman–Crippen MR) is 103 cm³/mol. The zero-order valence-corrected chi connectivity index (χ0v) is 15.9. The van der Waals surface area contributed by atoms with E-state index in [1.807, 2.05) is 6.07 Å². The Morgan fingerprint density at radius 3 is 2.70 bits per heavy atom. The van der Waals surface area contributed by atoms with E-state index in [-0.39, 0.29) is 36.3 Å². The molecule has 4 atom stereocenters. The average Bonchev–Trinajstić information content (AvgIpc) is 2.66. The molecule has 1 heterocycles. The van der Waals surface area contributed by atoms with Crippen molar-refractivity contribution < 1.29 is 14.4 Å². The molecular weight excluding hydrogens is 342 g/mol. The molecule has 1 saturated heterocycles. The van der Waals surface area contributed by atoms with Crippen LogP contribution in [0.25, 0.3) is 0 Å². The van der Waals surface area contributed by atoms with Crippen molar-refractivity contribution in [2.24, 2.45) is 11.8 Å². The van der Waals surface area contributed by atoms with Gasteiger partial charge in [-0.2, -0.15) is 0 Å². The first-order chi connectivity index (χ1) is 13.1. The van der Waals surface area contributed by atoms with Crippen LogP contribution < -0.4 is 16.0 Å². The zero-order valence-electron chi connectivity index (χ0n) is 15.9. The third-order valence-electron chi connectivity index (χ3n) is 5.77. The number of nitrogens with one attached hydrogen (secondary N) is 3. The summed E-state index contributed by atoms with van der Waals surface area (Å²) in [5.41, 5.74) is 0.540. The third-order valence-corrected chi connectivity index (χ3v) is 5.77. The summed E-state index contributed by atoms with van der Waals surface area (Å²) < 4.78 is 0. The minimum atomic E-state index is -0.253. The van der Waals surface area contributed by atoms with Gasteiger partial charge in [0.25, 0.3) is 5.91 Å². The average molecular weight is 371 g/mol.